The van der Waals surface area contributed by atoms with Crippen molar-refractivity contribution in [2.24, 2.45) is 5.41 Å². The molecule has 3 aromatic heterocycles. The minimum absolute atomic E-state index is 0.0590. The lowest BCUT2D eigenvalue weighted by Gasteiger charge is -2.36. The first-order valence-electron chi connectivity index (χ1n) is 12.8. The maximum atomic E-state index is 6.07. The standard InChI is InChI=1S/C27H38N6O2/c1-19-17-34-15-13-32(19)23-16-22(31(5)18-27(2,3)4)20-9-11-28-26(25(20)30-23)21-10-12-29-33(21)24-8-6-7-14-35-24/h9-12,16,19,24H,6-8,13-15,17-18H2,1-5H3. The number of pyridine rings is 2. The first kappa shape index (κ1) is 24.0. The second kappa shape index (κ2) is 9.74. The molecule has 0 aliphatic carbocycles. The van der Waals surface area contributed by atoms with Gasteiger partial charge in [-0.15, -0.1) is 0 Å². The molecule has 2 unspecified atom stereocenters. The molecule has 3 aromatic rings. The van der Waals surface area contributed by atoms with Crippen molar-refractivity contribution in [3.8, 4) is 11.4 Å². The van der Waals surface area contributed by atoms with Gasteiger partial charge in [0.2, 0.25) is 0 Å². The summed E-state index contributed by atoms with van der Waals surface area (Å²) in [6.07, 6.45) is 6.88. The fraction of sp³-hybridized carbons (Fsp3) is 0.593. The third-order valence-electron chi connectivity index (χ3n) is 6.82. The molecular formula is C27H38N6O2. The maximum Gasteiger partial charge on any atom is 0.150 e. The molecule has 2 fully saturated rings. The van der Waals surface area contributed by atoms with Crippen molar-refractivity contribution in [1.82, 2.24) is 19.7 Å². The van der Waals surface area contributed by atoms with E-state index < -0.39 is 0 Å². The van der Waals surface area contributed by atoms with E-state index in [-0.39, 0.29) is 17.7 Å². The van der Waals surface area contributed by atoms with E-state index in [1.807, 2.05) is 23.1 Å². The zero-order valence-corrected chi connectivity index (χ0v) is 21.7. The molecule has 0 amide bonds. The Labute approximate surface area is 208 Å². The van der Waals surface area contributed by atoms with Crippen LogP contribution >= 0.6 is 0 Å². The Morgan fingerprint density at radius 1 is 1.14 bits per heavy atom. The highest BCUT2D eigenvalue weighted by atomic mass is 16.5. The quantitative estimate of drug-likeness (QED) is 0.517. The van der Waals surface area contributed by atoms with E-state index in [2.05, 4.69) is 61.8 Å². The highest BCUT2D eigenvalue weighted by molar-refractivity contribution is 6.00. The summed E-state index contributed by atoms with van der Waals surface area (Å²) in [7, 11) is 2.17. The lowest BCUT2D eigenvalue weighted by atomic mass is 9.96. The molecule has 0 radical (unpaired) electrons. The van der Waals surface area contributed by atoms with E-state index in [1.165, 1.54) is 5.69 Å². The Morgan fingerprint density at radius 2 is 2.00 bits per heavy atom. The normalized spacial score (nSPS) is 21.5. The monoisotopic (exact) mass is 478 g/mol. The fourth-order valence-corrected chi connectivity index (χ4v) is 5.28. The number of rotatable bonds is 5. The summed E-state index contributed by atoms with van der Waals surface area (Å²) >= 11 is 0. The van der Waals surface area contributed by atoms with Gasteiger partial charge in [-0.3, -0.25) is 4.98 Å². The van der Waals surface area contributed by atoms with E-state index in [1.54, 1.807) is 0 Å². The van der Waals surface area contributed by atoms with Crippen LogP contribution in [-0.2, 0) is 9.47 Å². The van der Waals surface area contributed by atoms with Gasteiger partial charge in [0.05, 0.1) is 24.9 Å². The van der Waals surface area contributed by atoms with Gasteiger partial charge >= 0.3 is 0 Å². The smallest absolute Gasteiger partial charge is 0.150 e. The molecule has 0 saturated carbocycles. The molecule has 8 nitrogen and oxygen atoms in total. The molecule has 2 aliphatic heterocycles. The molecule has 35 heavy (non-hydrogen) atoms. The van der Waals surface area contributed by atoms with E-state index in [9.17, 15) is 0 Å². The second-order valence-electron chi connectivity index (χ2n) is 11.1. The summed E-state index contributed by atoms with van der Waals surface area (Å²) in [5.74, 6) is 0.971. The fourth-order valence-electron chi connectivity index (χ4n) is 5.28. The van der Waals surface area contributed by atoms with Crippen molar-refractivity contribution < 1.29 is 9.47 Å². The number of morpholine rings is 1. The first-order chi connectivity index (χ1) is 16.8. The summed E-state index contributed by atoms with van der Waals surface area (Å²) < 4.78 is 13.8. The molecule has 2 aliphatic rings. The topological polar surface area (TPSA) is 68.5 Å². The Balaban J connectivity index is 1.67. The van der Waals surface area contributed by atoms with Crippen LogP contribution in [0.2, 0.25) is 0 Å². The predicted octanol–water partition coefficient (Wildman–Crippen LogP) is 4.90. The number of ether oxygens (including phenoxy) is 2. The number of hydrogen-bond donors (Lipinski definition) is 0. The molecule has 0 bridgehead atoms. The highest BCUT2D eigenvalue weighted by Crippen LogP contribution is 2.37. The van der Waals surface area contributed by atoms with Crippen LogP contribution in [0, 0.1) is 5.41 Å². The SMILES string of the molecule is CC1COCCN1c1cc(N(C)CC(C)(C)C)c2ccnc(-c3ccnn3C3CCCCO3)c2n1. The maximum absolute atomic E-state index is 6.07. The van der Waals surface area contributed by atoms with Gasteiger partial charge in [0.15, 0.2) is 6.23 Å². The van der Waals surface area contributed by atoms with Crippen LogP contribution in [0.1, 0.15) is 53.2 Å². The third kappa shape index (κ3) is 5.00. The Kier molecular flexibility index (Phi) is 6.68. The summed E-state index contributed by atoms with van der Waals surface area (Å²) in [6, 6.07) is 6.62. The molecule has 5 rings (SSSR count). The third-order valence-corrected chi connectivity index (χ3v) is 6.82. The lowest BCUT2D eigenvalue weighted by Crippen LogP contribution is -2.44. The van der Waals surface area contributed by atoms with Crippen molar-refractivity contribution in [2.75, 3.05) is 49.8 Å². The zero-order valence-electron chi connectivity index (χ0n) is 21.7. The molecular weight excluding hydrogens is 440 g/mol. The molecule has 0 N–H and O–H groups in total. The summed E-state index contributed by atoms with van der Waals surface area (Å²) in [5, 5.41) is 5.74. The number of hydrogen-bond acceptors (Lipinski definition) is 7. The van der Waals surface area contributed by atoms with Crippen LogP contribution in [-0.4, -0.2) is 65.7 Å². The Morgan fingerprint density at radius 3 is 2.74 bits per heavy atom. The Hall–Kier alpha value is -2.71. The van der Waals surface area contributed by atoms with Gasteiger partial charge in [-0.05, 0) is 43.7 Å². The second-order valence-corrected chi connectivity index (χ2v) is 11.1. The number of fused-ring (bicyclic) bond motifs is 1. The molecule has 2 atom stereocenters. The van der Waals surface area contributed by atoms with Crippen LogP contribution in [0.25, 0.3) is 22.3 Å². The average Bonchev–Trinajstić information content (AvgIpc) is 3.32. The van der Waals surface area contributed by atoms with E-state index in [4.69, 9.17) is 19.4 Å². The molecule has 188 valence electrons. The number of aromatic nitrogens is 4. The van der Waals surface area contributed by atoms with Gasteiger partial charge in [-0.2, -0.15) is 5.10 Å². The van der Waals surface area contributed by atoms with Gasteiger partial charge in [0, 0.05) is 56.3 Å². The largest absolute Gasteiger partial charge is 0.377 e. The summed E-state index contributed by atoms with van der Waals surface area (Å²) in [6.45, 7) is 13.0. The first-order valence-corrected chi connectivity index (χ1v) is 12.8. The molecule has 5 heterocycles. The van der Waals surface area contributed by atoms with Crippen LogP contribution < -0.4 is 9.80 Å². The molecule has 8 heteroatoms. The van der Waals surface area contributed by atoms with Crippen LogP contribution in [0.5, 0.6) is 0 Å². The van der Waals surface area contributed by atoms with E-state index in [0.717, 1.165) is 67.1 Å². The predicted molar refractivity (Wildman–Crippen MR) is 140 cm³/mol. The molecule has 0 spiro atoms. The number of anilines is 2. The van der Waals surface area contributed by atoms with Gasteiger partial charge in [-0.1, -0.05) is 20.8 Å². The van der Waals surface area contributed by atoms with Crippen LogP contribution in [0.3, 0.4) is 0 Å². The van der Waals surface area contributed by atoms with Crippen molar-refractivity contribution >= 4 is 22.4 Å². The molecule has 0 aromatic carbocycles. The van der Waals surface area contributed by atoms with E-state index in [0.29, 0.717) is 13.2 Å². The van der Waals surface area contributed by atoms with Gasteiger partial charge in [0.25, 0.3) is 0 Å². The van der Waals surface area contributed by atoms with Gasteiger partial charge in [0.1, 0.15) is 17.0 Å². The van der Waals surface area contributed by atoms with Crippen molar-refractivity contribution in [3.63, 3.8) is 0 Å². The summed E-state index contributed by atoms with van der Waals surface area (Å²) in [5.41, 5.74) is 4.03. The van der Waals surface area contributed by atoms with Crippen molar-refractivity contribution in [3.05, 3.63) is 30.6 Å². The minimum atomic E-state index is -0.0590. The lowest BCUT2D eigenvalue weighted by molar-refractivity contribution is -0.0383. The van der Waals surface area contributed by atoms with Gasteiger partial charge in [-0.25, -0.2) is 9.67 Å². The average molecular weight is 479 g/mol. The van der Waals surface area contributed by atoms with Crippen LogP contribution in [0.4, 0.5) is 11.5 Å². The number of nitrogens with zero attached hydrogens (tertiary/aromatic N) is 6. The van der Waals surface area contributed by atoms with E-state index >= 15 is 0 Å². The summed E-state index contributed by atoms with van der Waals surface area (Å²) in [4.78, 5) is 14.8. The minimum Gasteiger partial charge on any atom is -0.377 e. The molecule has 2 saturated heterocycles. The van der Waals surface area contributed by atoms with Gasteiger partial charge < -0.3 is 19.3 Å². The van der Waals surface area contributed by atoms with Crippen LogP contribution in [0.15, 0.2) is 30.6 Å². The zero-order chi connectivity index (χ0) is 24.6. The van der Waals surface area contributed by atoms with Crippen molar-refractivity contribution in [2.45, 2.75) is 59.2 Å². The Bertz CT molecular complexity index is 1160. The van der Waals surface area contributed by atoms with Crippen molar-refractivity contribution in [1.29, 1.82) is 0 Å². The highest BCUT2D eigenvalue weighted by Gasteiger charge is 2.26.